The largest absolute Gasteiger partial charge is 0.493 e. The van der Waals surface area contributed by atoms with Gasteiger partial charge in [0, 0.05) is 19.6 Å². The van der Waals surface area contributed by atoms with E-state index in [9.17, 15) is 4.79 Å². The Labute approximate surface area is 184 Å². The molecule has 0 aliphatic carbocycles. The number of carbonyl (C=O) groups excluding carboxylic acids is 1. The molecule has 2 aromatic rings. The van der Waals surface area contributed by atoms with Crippen molar-refractivity contribution in [2.75, 3.05) is 47.1 Å². The maximum atomic E-state index is 12.7. The van der Waals surface area contributed by atoms with Gasteiger partial charge in [0.15, 0.2) is 11.5 Å². The van der Waals surface area contributed by atoms with Gasteiger partial charge in [-0.1, -0.05) is 30.3 Å². The summed E-state index contributed by atoms with van der Waals surface area (Å²) in [5, 5.41) is 6.11. The van der Waals surface area contributed by atoms with Gasteiger partial charge in [-0.3, -0.25) is 4.90 Å². The highest BCUT2D eigenvalue weighted by Crippen LogP contribution is 2.32. The van der Waals surface area contributed by atoms with Crippen molar-refractivity contribution in [3.05, 3.63) is 59.2 Å². The quantitative estimate of drug-likeness (QED) is 0.675. The lowest BCUT2D eigenvalue weighted by Gasteiger charge is -2.35. The smallest absolute Gasteiger partial charge is 0.315 e. The second kappa shape index (κ2) is 11.0. The zero-order valence-corrected chi connectivity index (χ0v) is 18.8. The normalized spacial score (nSPS) is 16.3. The van der Waals surface area contributed by atoms with Gasteiger partial charge in [-0.2, -0.15) is 0 Å². The predicted octanol–water partition coefficient (Wildman–Crippen LogP) is 3.45. The third kappa shape index (κ3) is 5.89. The Morgan fingerprint density at radius 3 is 2.48 bits per heavy atom. The maximum Gasteiger partial charge on any atom is 0.315 e. The Balaban J connectivity index is 1.70. The number of aryl methyl sites for hydroxylation is 1. The zero-order chi connectivity index (χ0) is 22.2. The van der Waals surface area contributed by atoms with Gasteiger partial charge in [0.25, 0.3) is 0 Å². The van der Waals surface area contributed by atoms with Gasteiger partial charge in [0.05, 0.1) is 39.5 Å². The van der Waals surface area contributed by atoms with Crippen LogP contribution in [0.4, 0.5) is 4.79 Å². The van der Waals surface area contributed by atoms with Gasteiger partial charge >= 0.3 is 6.03 Å². The number of urea groups is 1. The molecule has 1 fully saturated rings. The molecule has 7 nitrogen and oxygen atoms in total. The Morgan fingerprint density at radius 1 is 1.10 bits per heavy atom. The van der Waals surface area contributed by atoms with Crippen molar-refractivity contribution in [2.45, 2.75) is 25.9 Å². The third-order valence-corrected chi connectivity index (χ3v) is 5.74. The van der Waals surface area contributed by atoms with E-state index in [1.165, 1.54) is 0 Å². The van der Waals surface area contributed by atoms with Crippen LogP contribution in [0.5, 0.6) is 11.5 Å². The number of benzene rings is 2. The van der Waals surface area contributed by atoms with Gasteiger partial charge in [0.2, 0.25) is 0 Å². The zero-order valence-electron chi connectivity index (χ0n) is 18.8. The van der Waals surface area contributed by atoms with Crippen LogP contribution in [0.3, 0.4) is 0 Å². The van der Waals surface area contributed by atoms with Crippen LogP contribution in [-0.2, 0) is 4.74 Å². The molecule has 7 heteroatoms. The number of amides is 2. The molecule has 2 amide bonds. The fourth-order valence-electron chi connectivity index (χ4n) is 3.99. The number of hydrogen-bond acceptors (Lipinski definition) is 5. The first-order valence-electron chi connectivity index (χ1n) is 10.7. The molecule has 2 aromatic carbocycles. The summed E-state index contributed by atoms with van der Waals surface area (Å²) in [6, 6.07) is 13.7. The summed E-state index contributed by atoms with van der Waals surface area (Å²) in [4.78, 5) is 15.0. The molecule has 0 spiro atoms. The SMILES string of the molecule is COc1ccc([C@@H](CNC(=O)N[C@@H](C)c2ccccc2C)N2CCOCC2)cc1OC. The fourth-order valence-corrected chi connectivity index (χ4v) is 3.99. The molecule has 1 aliphatic rings. The predicted molar refractivity (Wildman–Crippen MR) is 121 cm³/mol. The summed E-state index contributed by atoms with van der Waals surface area (Å²) in [6.07, 6.45) is 0. The highest BCUT2D eigenvalue weighted by atomic mass is 16.5. The number of carbonyl (C=O) groups is 1. The van der Waals surface area contributed by atoms with Crippen LogP contribution >= 0.6 is 0 Å². The summed E-state index contributed by atoms with van der Waals surface area (Å²) in [5.74, 6) is 1.36. The average Bonchev–Trinajstić information content (AvgIpc) is 2.80. The fraction of sp³-hybridized carbons (Fsp3) is 0.458. The first kappa shape index (κ1) is 22.9. The molecule has 1 heterocycles. The van der Waals surface area contributed by atoms with Gasteiger partial charge < -0.3 is 24.8 Å². The Kier molecular flexibility index (Phi) is 8.14. The van der Waals surface area contributed by atoms with Crippen LogP contribution in [0.1, 0.15) is 35.7 Å². The van der Waals surface area contributed by atoms with Crippen molar-refractivity contribution in [3.8, 4) is 11.5 Å². The topological polar surface area (TPSA) is 72.1 Å². The van der Waals surface area contributed by atoms with Crippen molar-refractivity contribution in [1.29, 1.82) is 0 Å². The minimum absolute atomic E-state index is 0.00298. The van der Waals surface area contributed by atoms with Crippen LogP contribution < -0.4 is 20.1 Å². The monoisotopic (exact) mass is 427 g/mol. The minimum atomic E-state index is -0.186. The summed E-state index contributed by atoms with van der Waals surface area (Å²) < 4.78 is 16.4. The van der Waals surface area contributed by atoms with E-state index in [1.807, 2.05) is 43.3 Å². The van der Waals surface area contributed by atoms with Gasteiger partial charge in [-0.15, -0.1) is 0 Å². The molecular weight excluding hydrogens is 394 g/mol. The number of ether oxygens (including phenoxy) is 3. The molecule has 0 saturated carbocycles. The lowest BCUT2D eigenvalue weighted by Crippen LogP contribution is -2.46. The Bertz CT molecular complexity index is 868. The van der Waals surface area contributed by atoms with Crippen LogP contribution in [0.2, 0.25) is 0 Å². The van der Waals surface area contributed by atoms with Crippen LogP contribution in [0, 0.1) is 6.92 Å². The first-order valence-corrected chi connectivity index (χ1v) is 10.7. The molecule has 1 aliphatic heterocycles. The second-order valence-corrected chi connectivity index (χ2v) is 7.71. The van der Waals surface area contributed by atoms with E-state index in [-0.39, 0.29) is 18.1 Å². The summed E-state index contributed by atoms with van der Waals surface area (Å²) in [7, 11) is 3.25. The first-order chi connectivity index (χ1) is 15.0. The summed E-state index contributed by atoms with van der Waals surface area (Å²) in [6.45, 7) is 7.50. The van der Waals surface area contributed by atoms with E-state index in [2.05, 4.69) is 28.5 Å². The molecular formula is C24H33N3O4. The molecule has 3 rings (SSSR count). The Morgan fingerprint density at radius 2 is 1.81 bits per heavy atom. The van der Waals surface area contributed by atoms with Gasteiger partial charge in [0.1, 0.15) is 0 Å². The van der Waals surface area contributed by atoms with Crippen molar-refractivity contribution in [1.82, 2.24) is 15.5 Å². The number of nitrogens with zero attached hydrogens (tertiary/aromatic N) is 1. The molecule has 168 valence electrons. The van der Waals surface area contributed by atoms with E-state index in [0.29, 0.717) is 31.3 Å². The molecule has 0 aromatic heterocycles. The lowest BCUT2D eigenvalue weighted by molar-refractivity contribution is 0.0166. The number of methoxy groups -OCH3 is 2. The molecule has 1 saturated heterocycles. The van der Waals surface area contributed by atoms with Crippen molar-refractivity contribution in [2.24, 2.45) is 0 Å². The third-order valence-electron chi connectivity index (χ3n) is 5.74. The maximum absolute atomic E-state index is 12.7. The minimum Gasteiger partial charge on any atom is -0.493 e. The van der Waals surface area contributed by atoms with Gasteiger partial charge in [-0.25, -0.2) is 4.79 Å². The molecule has 0 radical (unpaired) electrons. The summed E-state index contributed by atoms with van der Waals surface area (Å²) >= 11 is 0. The number of hydrogen-bond donors (Lipinski definition) is 2. The van der Waals surface area contributed by atoms with Gasteiger partial charge in [-0.05, 0) is 42.7 Å². The van der Waals surface area contributed by atoms with E-state index in [4.69, 9.17) is 14.2 Å². The molecule has 2 atom stereocenters. The summed E-state index contributed by atoms with van der Waals surface area (Å²) in [5.41, 5.74) is 3.33. The highest BCUT2D eigenvalue weighted by Gasteiger charge is 2.24. The standard InChI is InChI=1S/C24H33N3O4/c1-17-7-5-6-8-20(17)18(2)26-24(28)25-16-21(27-11-13-31-14-12-27)19-9-10-22(29-3)23(15-19)30-4/h5-10,15,18,21H,11-14,16H2,1-4H3,(H2,25,26,28)/t18-,21+/m0/s1. The second-order valence-electron chi connectivity index (χ2n) is 7.71. The van der Waals surface area contributed by atoms with Crippen molar-refractivity contribution in [3.63, 3.8) is 0 Å². The Hall–Kier alpha value is -2.77. The molecule has 2 N–H and O–H groups in total. The van der Waals surface area contributed by atoms with Crippen molar-refractivity contribution < 1.29 is 19.0 Å². The van der Waals surface area contributed by atoms with E-state index >= 15 is 0 Å². The van der Waals surface area contributed by atoms with E-state index in [1.54, 1.807) is 14.2 Å². The van der Waals surface area contributed by atoms with Crippen LogP contribution in [0.25, 0.3) is 0 Å². The molecule has 31 heavy (non-hydrogen) atoms. The van der Waals surface area contributed by atoms with E-state index < -0.39 is 0 Å². The van der Waals surface area contributed by atoms with Crippen molar-refractivity contribution >= 4 is 6.03 Å². The molecule has 0 bridgehead atoms. The lowest BCUT2D eigenvalue weighted by atomic mass is 10.0. The van der Waals surface area contributed by atoms with Crippen LogP contribution in [0.15, 0.2) is 42.5 Å². The number of nitrogens with one attached hydrogen (secondary N) is 2. The van der Waals surface area contributed by atoms with E-state index in [0.717, 1.165) is 29.8 Å². The molecule has 0 unspecified atom stereocenters. The number of rotatable bonds is 8. The number of morpholine rings is 1. The average molecular weight is 428 g/mol. The highest BCUT2D eigenvalue weighted by molar-refractivity contribution is 5.74. The van der Waals surface area contributed by atoms with Crippen LogP contribution in [-0.4, -0.2) is 58.0 Å².